The number of Topliss-reactive ketones (excluding diaryl/α,β-unsaturated/α-hetero) is 1. The highest BCUT2D eigenvalue weighted by Crippen LogP contribution is 2.66. The van der Waals surface area contributed by atoms with Crippen LogP contribution in [0.15, 0.2) is 29.8 Å². The molecule has 0 bridgehead atoms. The SMILES string of the molecule is CN(C)c1ccc(/C=C2\C[C@H]3[C@@H]4CC[C@H]5C[C@@H](O)CC[C@]5(C)[C@H]4CC[C@]3(C)C2=O)cc1. The highest BCUT2D eigenvalue weighted by Gasteiger charge is 2.61. The fourth-order valence-electron chi connectivity index (χ4n) is 8.10. The van der Waals surface area contributed by atoms with Crippen LogP contribution in [-0.2, 0) is 4.79 Å². The molecule has 0 radical (unpaired) electrons. The van der Waals surface area contributed by atoms with Crippen LogP contribution in [0.25, 0.3) is 6.08 Å². The number of carbonyl (C=O) groups excluding carboxylic acids is 1. The first kappa shape index (κ1) is 21.2. The van der Waals surface area contributed by atoms with E-state index in [4.69, 9.17) is 0 Å². The summed E-state index contributed by atoms with van der Waals surface area (Å²) in [6.45, 7) is 4.79. The molecule has 1 N–H and O–H groups in total. The Morgan fingerprint density at radius 2 is 1.74 bits per heavy atom. The summed E-state index contributed by atoms with van der Waals surface area (Å²) < 4.78 is 0. The molecule has 1 aromatic carbocycles. The van der Waals surface area contributed by atoms with Gasteiger partial charge in [0.25, 0.3) is 0 Å². The van der Waals surface area contributed by atoms with Crippen LogP contribution < -0.4 is 4.90 Å². The molecule has 4 aliphatic carbocycles. The Balaban J connectivity index is 1.41. The number of ketones is 1. The van der Waals surface area contributed by atoms with Gasteiger partial charge in [-0.15, -0.1) is 0 Å². The van der Waals surface area contributed by atoms with E-state index in [0.29, 0.717) is 29.0 Å². The standard InChI is InChI=1S/C28H39NO2/c1-27-13-11-22(30)17-20(27)7-10-23-24(27)12-14-28(2)25(23)16-19(26(28)31)15-18-5-8-21(9-6-18)29(3)4/h5-6,8-9,15,20,22-25,30H,7,10-14,16-17H2,1-4H3/b19-15+/t20-,22-,23+,24-,25-,27-,28-/m0/s1. The van der Waals surface area contributed by atoms with E-state index in [9.17, 15) is 9.90 Å². The Kier molecular flexibility index (Phi) is 5.12. The van der Waals surface area contributed by atoms with E-state index < -0.39 is 0 Å². The monoisotopic (exact) mass is 421 g/mol. The average molecular weight is 422 g/mol. The summed E-state index contributed by atoms with van der Waals surface area (Å²) in [5.74, 6) is 2.98. The molecule has 4 fully saturated rings. The van der Waals surface area contributed by atoms with Crippen LogP contribution in [0.4, 0.5) is 5.69 Å². The smallest absolute Gasteiger partial charge is 0.165 e. The third kappa shape index (κ3) is 3.30. The lowest BCUT2D eigenvalue weighted by atomic mass is 9.45. The van der Waals surface area contributed by atoms with Crippen LogP contribution in [0.3, 0.4) is 0 Å². The van der Waals surface area contributed by atoms with Crippen molar-refractivity contribution >= 4 is 17.5 Å². The molecule has 4 aliphatic rings. The van der Waals surface area contributed by atoms with Gasteiger partial charge in [-0.2, -0.15) is 0 Å². The molecule has 0 unspecified atom stereocenters. The van der Waals surface area contributed by atoms with Crippen molar-refractivity contribution in [1.29, 1.82) is 0 Å². The Bertz CT molecular complexity index is 887. The Morgan fingerprint density at radius 3 is 2.45 bits per heavy atom. The molecule has 0 amide bonds. The van der Waals surface area contributed by atoms with Crippen LogP contribution in [0, 0.1) is 34.5 Å². The van der Waals surface area contributed by atoms with Gasteiger partial charge in [0.05, 0.1) is 6.10 Å². The van der Waals surface area contributed by atoms with Crippen molar-refractivity contribution in [3.8, 4) is 0 Å². The number of aliphatic hydroxyl groups is 1. The van der Waals surface area contributed by atoms with Gasteiger partial charge in [-0.05, 0) is 110 Å². The number of rotatable bonds is 2. The molecule has 4 saturated carbocycles. The van der Waals surface area contributed by atoms with Gasteiger partial charge in [0.15, 0.2) is 5.78 Å². The van der Waals surface area contributed by atoms with E-state index in [1.54, 1.807) is 0 Å². The van der Waals surface area contributed by atoms with Gasteiger partial charge in [0.2, 0.25) is 0 Å². The molecule has 0 heterocycles. The van der Waals surface area contributed by atoms with Gasteiger partial charge in [-0.1, -0.05) is 26.0 Å². The van der Waals surface area contributed by atoms with Crippen LogP contribution >= 0.6 is 0 Å². The highest BCUT2D eigenvalue weighted by atomic mass is 16.3. The second-order valence-corrected chi connectivity index (χ2v) is 11.7. The minimum absolute atomic E-state index is 0.0926. The topological polar surface area (TPSA) is 40.5 Å². The highest BCUT2D eigenvalue weighted by molar-refractivity contribution is 6.06. The molecule has 3 heteroatoms. The van der Waals surface area contributed by atoms with E-state index in [1.807, 2.05) is 0 Å². The minimum atomic E-state index is -0.173. The number of hydrogen-bond acceptors (Lipinski definition) is 3. The van der Waals surface area contributed by atoms with Crippen LogP contribution in [-0.4, -0.2) is 31.1 Å². The lowest BCUT2D eigenvalue weighted by Gasteiger charge is -2.59. The zero-order valence-electron chi connectivity index (χ0n) is 19.7. The van der Waals surface area contributed by atoms with Crippen LogP contribution in [0.2, 0.25) is 0 Å². The molecule has 31 heavy (non-hydrogen) atoms. The van der Waals surface area contributed by atoms with Crippen molar-refractivity contribution in [2.45, 2.75) is 71.3 Å². The first-order chi connectivity index (χ1) is 14.7. The number of anilines is 1. The predicted molar refractivity (Wildman–Crippen MR) is 127 cm³/mol. The van der Waals surface area contributed by atoms with Gasteiger partial charge >= 0.3 is 0 Å². The lowest BCUT2D eigenvalue weighted by Crippen LogP contribution is -2.54. The van der Waals surface area contributed by atoms with Crippen LogP contribution in [0.1, 0.15) is 70.8 Å². The maximum absolute atomic E-state index is 13.6. The lowest BCUT2D eigenvalue weighted by molar-refractivity contribution is -0.141. The molecule has 0 saturated heterocycles. The summed E-state index contributed by atoms with van der Waals surface area (Å²) in [7, 11) is 4.11. The molecule has 168 valence electrons. The fraction of sp³-hybridized carbons (Fsp3) is 0.679. The van der Waals surface area contributed by atoms with Crippen LogP contribution in [0.5, 0.6) is 0 Å². The van der Waals surface area contributed by atoms with Gasteiger partial charge in [0, 0.05) is 25.2 Å². The maximum Gasteiger partial charge on any atom is 0.165 e. The minimum Gasteiger partial charge on any atom is -0.393 e. The first-order valence-corrected chi connectivity index (χ1v) is 12.4. The summed E-state index contributed by atoms with van der Waals surface area (Å²) in [6.07, 6.45) is 10.9. The van der Waals surface area contributed by atoms with Gasteiger partial charge in [-0.25, -0.2) is 0 Å². The van der Waals surface area contributed by atoms with E-state index in [1.165, 1.54) is 24.9 Å². The molecule has 0 spiro atoms. The van der Waals surface area contributed by atoms with E-state index in [2.05, 4.69) is 63.2 Å². The number of allylic oxidation sites excluding steroid dienone is 1. The zero-order chi connectivity index (χ0) is 22.0. The molecule has 5 rings (SSSR count). The molecular formula is C28H39NO2. The van der Waals surface area contributed by atoms with Gasteiger partial charge in [0.1, 0.15) is 0 Å². The van der Waals surface area contributed by atoms with E-state index >= 15 is 0 Å². The number of carbonyl (C=O) groups is 1. The fourth-order valence-corrected chi connectivity index (χ4v) is 8.10. The largest absolute Gasteiger partial charge is 0.393 e. The summed E-state index contributed by atoms with van der Waals surface area (Å²) in [6, 6.07) is 8.55. The van der Waals surface area contributed by atoms with Crippen molar-refractivity contribution in [1.82, 2.24) is 0 Å². The quantitative estimate of drug-likeness (QED) is 0.621. The molecular weight excluding hydrogens is 382 g/mol. The maximum atomic E-state index is 13.6. The average Bonchev–Trinajstić information content (AvgIpc) is 2.99. The molecule has 7 atom stereocenters. The van der Waals surface area contributed by atoms with Crippen molar-refractivity contribution in [2.24, 2.45) is 34.5 Å². The second kappa shape index (κ2) is 7.47. The third-order valence-electron chi connectivity index (χ3n) is 10.0. The molecule has 1 aromatic rings. The summed E-state index contributed by atoms with van der Waals surface area (Å²) in [4.78, 5) is 15.7. The van der Waals surface area contributed by atoms with E-state index in [-0.39, 0.29) is 11.5 Å². The van der Waals surface area contributed by atoms with Crippen molar-refractivity contribution in [2.75, 3.05) is 19.0 Å². The first-order valence-electron chi connectivity index (χ1n) is 12.4. The Morgan fingerprint density at radius 1 is 1.00 bits per heavy atom. The van der Waals surface area contributed by atoms with Crippen molar-refractivity contribution in [3.63, 3.8) is 0 Å². The second-order valence-electron chi connectivity index (χ2n) is 11.7. The van der Waals surface area contributed by atoms with Gasteiger partial charge < -0.3 is 10.0 Å². The normalized spacial score (nSPS) is 43.3. The number of aliphatic hydroxyl groups excluding tert-OH is 1. The molecule has 3 nitrogen and oxygen atoms in total. The Hall–Kier alpha value is -1.61. The van der Waals surface area contributed by atoms with Crippen molar-refractivity contribution < 1.29 is 9.90 Å². The van der Waals surface area contributed by atoms with Gasteiger partial charge in [-0.3, -0.25) is 4.79 Å². The predicted octanol–water partition coefficient (Wildman–Crippen LogP) is 5.72. The number of fused-ring (bicyclic) bond motifs is 5. The summed E-state index contributed by atoms with van der Waals surface area (Å²) in [5.41, 5.74) is 3.57. The van der Waals surface area contributed by atoms with Crippen molar-refractivity contribution in [3.05, 3.63) is 35.4 Å². The molecule has 0 aliphatic heterocycles. The summed E-state index contributed by atoms with van der Waals surface area (Å²) in [5, 5.41) is 10.3. The number of hydrogen-bond donors (Lipinski definition) is 1. The zero-order valence-corrected chi connectivity index (χ0v) is 19.7. The number of benzene rings is 1. The summed E-state index contributed by atoms with van der Waals surface area (Å²) >= 11 is 0. The Labute approximate surface area is 187 Å². The number of nitrogens with zero attached hydrogens (tertiary/aromatic N) is 1. The molecule has 0 aromatic heterocycles. The van der Waals surface area contributed by atoms with E-state index in [0.717, 1.165) is 49.2 Å². The third-order valence-corrected chi connectivity index (χ3v) is 10.0.